The molecule has 1 aliphatic rings. The van der Waals surface area contributed by atoms with Gasteiger partial charge in [0.15, 0.2) is 0 Å². The van der Waals surface area contributed by atoms with Crippen molar-refractivity contribution in [2.45, 2.75) is 38.6 Å². The first kappa shape index (κ1) is 14.9. The minimum absolute atomic E-state index is 0.283. The van der Waals surface area contributed by atoms with Crippen LogP contribution in [0, 0.1) is 0 Å². The lowest BCUT2D eigenvalue weighted by Gasteiger charge is -2.14. The molecule has 0 amide bonds. The van der Waals surface area contributed by atoms with Gasteiger partial charge in [-0.1, -0.05) is 38.1 Å². The van der Waals surface area contributed by atoms with Gasteiger partial charge in [0.05, 0.1) is 17.9 Å². The summed E-state index contributed by atoms with van der Waals surface area (Å²) in [4.78, 5) is 9.12. The molecule has 1 aromatic carbocycles. The second-order valence-corrected chi connectivity index (χ2v) is 6.55. The van der Waals surface area contributed by atoms with Crippen LogP contribution in [0.4, 0.5) is 5.95 Å². The molecular weight excluding hydrogens is 298 g/mol. The van der Waals surface area contributed by atoms with Gasteiger partial charge in [0.2, 0.25) is 5.95 Å². The van der Waals surface area contributed by atoms with Gasteiger partial charge in [-0.2, -0.15) is 5.10 Å². The first-order chi connectivity index (χ1) is 11.7. The molecule has 24 heavy (non-hydrogen) atoms. The molecule has 2 heterocycles. The molecule has 2 aromatic heterocycles. The normalized spacial score (nSPS) is 16.4. The number of nitrogens with zero attached hydrogens (tertiary/aromatic N) is 3. The number of anilines is 1. The van der Waals surface area contributed by atoms with Crippen molar-refractivity contribution in [3.63, 3.8) is 0 Å². The van der Waals surface area contributed by atoms with E-state index in [1.165, 1.54) is 11.1 Å². The van der Waals surface area contributed by atoms with E-state index in [-0.39, 0.29) is 6.04 Å². The molecule has 0 fully saturated rings. The van der Waals surface area contributed by atoms with E-state index in [0.29, 0.717) is 11.9 Å². The summed E-state index contributed by atoms with van der Waals surface area (Å²) in [7, 11) is 0. The van der Waals surface area contributed by atoms with Crippen molar-refractivity contribution in [3.05, 3.63) is 59.5 Å². The molecule has 4 rings (SSSR count). The van der Waals surface area contributed by atoms with Crippen molar-refractivity contribution in [1.29, 1.82) is 0 Å². The van der Waals surface area contributed by atoms with Crippen molar-refractivity contribution < 1.29 is 0 Å². The highest BCUT2D eigenvalue weighted by Gasteiger charge is 2.22. The number of hydrogen-bond donors (Lipinski definition) is 2. The molecule has 0 spiro atoms. The van der Waals surface area contributed by atoms with E-state index in [2.05, 4.69) is 58.6 Å². The van der Waals surface area contributed by atoms with Gasteiger partial charge in [-0.25, -0.2) is 9.97 Å². The number of fused-ring (bicyclic) bond motifs is 1. The zero-order chi connectivity index (χ0) is 16.5. The van der Waals surface area contributed by atoms with Crippen molar-refractivity contribution in [2.75, 3.05) is 5.32 Å². The van der Waals surface area contributed by atoms with Crippen LogP contribution in [0.1, 0.15) is 49.0 Å². The largest absolute Gasteiger partial charge is 0.347 e. The first-order valence-corrected chi connectivity index (χ1v) is 8.43. The summed E-state index contributed by atoms with van der Waals surface area (Å²) >= 11 is 0. The van der Waals surface area contributed by atoms with Gasteiger partial charge in [-0.15, -0.1) is 0 Å². The lowest BCUT2D eigenvalue weighted by atomic mass is 10.0. The maximum Gasteiger partial charge on any atom is 0.223 e. The number of benzene rings is 1. The molecule has 3 aromatic rings. The minimum Gasteiger partial charge on any atom is -0.347 e. The fourth-order valence-electron chi connectivity index (χ4n) is 3.38. The van der Waals surface area contributed by atoms with Gasteiger partial charge < -0.3 is 5.32 Å². The predicted molar refractivity (Wildman–Crippen MR) is 94.8 cm³/mol. The van der Waals surface area contributed by atoms with Crippen molar-refractivity contribution in [1.82, 2.24) is 20.2 Å². The number of aryl methyl sites for hydroxylation is 1. The highest BCUT2D eigenvalue weighted by molar-refractivity contribution is 5.62. The fraction of sp³-hybridized carbons (Fsp3) is 0.316. The average Bonchev–Trinajstić information content (AvgIpc) is 3.23. The molecular formula is C19H21N5. The highest BCUT2D eigenvalue weighted by atomic mass is 15.1. The monoisotopic (exact) mass is 319 g/mol. The Labute approximate surface area is 141 Å². The molecule has 122 valence electrons. The highest BCUT2D eigenvalue weighted by Crippen LogP contribution is 2.33. The molecule has 1 aliphatic carbocycles. The van der Waals surface area contributed by atoms with Gasteiger partial charge in [0.1, 0.15) is 0 Å². The number of hydrogen-bond acceptors (Lipinski definition) is 4. The van der Waals surface area contributed by atoms with E-state index in [1.54, 1.807) is 0 Å². The Morgan fingerprint density at radius 2 is 2.08 bits per heavy atom. The van der Waals surface area contributed by atoms with Gasteiger partial charge in [-0.05, 0) is 36.0 Å². The third-order valence-electron chi connectivity index (χ3n) is 4.61. The molecule has 0 saturated heterocycles. The molecule has 0 radical (unpaired) electrons. The molecule has 0 saturated carbocycles. The Hall–Kier alpha value is -2.69. The van der Waals surface area contributed by atoms with Crippen LogP contribution < -0.4 is 5.32 Å². The van der Waals surface area contributed by atoms with Crippen LogP contribution in [0.15, 0.2) is 42.7 Å². The number of aromatic amines is 1. The Morgan fingerprint density at radius 3 is 2.96 bits per heavy atom. The summed E-state index contributed by atoms with van der Waals surface area (Å²) in [5.74, 6) is 1.04. The summed E-state index contributed by atoms with van der Waals surface area (Å²) < 4.78 is 0. The van der Waals surface area contributed by atoms with E-state index in [9.17, 15) is 0 Å². The molecule has 0 aliphatic heterocycles. The second-order valence-electron chi connectivity index (χ2n) is 6.55. The van der Waals surface area contributed by atoms with Crippen LogP contribution >= 0.6 is 0 Å². The first-order valence-electron chi connectivity index (χ1n) is 8.43. The van der Waals surface area contributed by atoms with Gasteiger partial charge in [0, 0.05) is 17.5 Å². The molecule has 0 bridgehead atoms. The maximum atomic E-state index is 4.71. The summed E-state index contributed by atoms with van der Waals surface area (Å²) in [5, 5.41) is 10.8. The van der Waals surface area contributed by atoms with E-state index >= 15 is 0 Å². The standard InChI is InChI=1S/C19H21N5/c1-12(2)18-15(11-21-24-18)17-9-10-20-19(23-17)22-16-8-7-13-5-3-4-6-14(13)16/h3-6,9-12,16H,7-8H2,1-2H3,(H,21,24)(H,20,22,23). The zero-order valence-electron chi connectivity index (χ0n) is 14.0. The Kier molecular flexibility index (Phi) is 3.76. The van der Waals surface area contributed by atoms with Crippen LogP contribution in [0.25, 0.3) is 11.3 Å². The molecule has 1 unspecified atom stereocenters. The van der Waals surface area contributed by atoms with Crippen molar-refractivity contribution >= 4 is 5.95 Å². The third-order valence-corrected chi connectivity index (χ3v) is 4.61. The quantitative estimate of drug-likeness (QED) is 0.760. The minimum atomic E-state index is 0.283. The van der Waals surface area contributed by atoms with E-state index < -0.39 is 0 Å². The van der Waals surface area contributed by atoms with E-state index in [1.807, 2.05) is 18.5 Å². The fourth-order valence-corrected chi connectivity index (χ4v) is 3.38. The summed E-state index contributed by atoms with van der Waals surface area (Å²) in [6.45, 7) is 4.29. The van der Waals surface area contributed by atoms with E-state index in [0.717, 1.165) is 29.8 Å². The average molecular weight is 319 g/mol. The van der Waals surface area contributed by atoms with Crippen molar-refractivity contribution in [2.24, 2.45) is 0 Å². The molecule has 5 nitrogen and oxygen atoms in total. The maximum absolute atomic E-state index is 4.71. The Balaban J connectivity index is 1.61. The molecule has 5 heteroatoms. The lowest BCUT2D eigenvalue weighted by molar-refractivity contribution is 0.751. The summed E-state index contributed by atoms with van der Waals surface area (Å²) in [5.41, 5.74) is 5.82. The molecule has 1 atom stereocenters. The Bertz CT molecular complexity index is 852. The number of nitrogens with one attached hydrogen (secondary N) is 2. The summed E-state index contributed by atoms with van der Waals surface area (Å²) in [6, 6.07) is 10.8. The van der Waals surface area contributed by atoms with Crippen LogP contribution in [-0.2, 0) is 6.42 Å². The number of H-pyrrole nitrogens is 1. The van der Waals surface area contributed by atoms with Crippen LogP contribution in [0.3, 0.4) is 0 Å². The lowest BCUT2D eigenvalue weighted by Crippen LogP contribution is -2.10. The topological polar surface area (TPSA) is 66.5 Å². The smallest absolute Gasteiger partial charge is 0.223 e. The SMILES string of the molecule is CC(C)c1[nH]ncc1-c1ccnc(NC2CCc3ccccc32)n1. The second kappa shape index (κ2) is 6.07. The van der Waals surface area contributed by atoms with Crippen LogP contribution in [-0.4, -0.2) is 20.2 Å². The number of rotatable bonds is 4. The van der Waals surface area contributed by atoms with Gasteiger partial charge >= 0.3 is 0 Å². The Morgan fingerprint density at radius 1 is 1.21 bits per heavy atom. The summed E-state index contributed by atoms with van der Waals surface area (Å²) in [6.07, 6.45) is 5.83. The van der Waals surface area contributed by atoms with Crippen LogP contribution in [0.5, 0.6) is 0 Å². The predicted octanol–water partition coefficient (Wildman–Crippen LogP) is 4.09. The van der Waals surface area contributed by atoms with Gasteiger partial charge in [-0.3, -0.25) is 5.10 Å². The third kappa shape index (κ3) is 2.66. The number of aromatic nitrogens is 4. The van der Waals surface area contributed by atoms with Crippen molar-refractivity contribution in [3.8, 4) is 11.3 Å². The van der Waals surface area contributed by atoms with Crippen LogP contribution in [0.2, 0.25) is 0 Å². The zero-order valence-corrected chi connectivity index (χ0v) is 14.0. The van der Waals surface area contributed by atoms with Gasteiger partial charge in [0.25, 0.3) is 0 Å². The molecule has 2 N–H and O–H groups in total. The van der Waals surface area contributed by atoms with E-state index in [4.69, 9.17) is 4.98 Å².